The summed E-state index contributed by atoms with van der Waals surface area (Å²) in [6, 6.07) is 19.0. The van der Waals surface area contributed by atoms with Crippen LogP contribution in [0.2, 0.25) is 5.02 Å². The first kappa shape index (κ1) is 14.1. The topological polar surface area (TPSA) is 12.0 Å². The molecule has 100 valence electrons. The fraction of sp³-hybridized carbons (Fsp3) is 0.294. The Balaban J connectivity index is 2.16. The molecule has 0 aliphatic heterocycles. The van der Waals surface area contributed by atoms with Gasteiger partial charge in [0.1, 0.15) is 0 Å². The third-order valence-corrected chi connectivity index (χ3v) is 3.41. The van der Waals surface area contributed by atoms with Gasteiger partial charge in [0.25, 0.3) is 0 Å². The Labute approximate surface area is 120 Å². The van der Waals surface area contributed by atoms with Gasteiger partial charge in [0.05, 0.1) is 0 Å². The van der Waals surface area contributed by atoms with Gasteiger partial charge >= 0.3 is 0 Å². The number of benzene rings is 2. The summed E-state index contributed by atoms with van der Waals surface area (Å²) < 4.78 is 0. The Hall–Kier alpha value is -1.31. The van der Waals surface area contributed by atoms with Crippen molar-refractivity contribution < 1.29 is 0 Å². The molecule has 1 atom stereocenters. The van der Waals surface area contributed by atoms with E-state index in [0.717, 1.165) is 24.4 Å². The van der Waals surface area contributed by atoms with E-state index in [1.165, 1.54) is 11.1 Å². The molecule has 2 heteroatoms. The molecule has 0 bridgehead atoms. The third-order valence-electron chi connectivity index (χ3n) is 3.17. The highest BCUT2D eigenvalue weighted by Gasteiger charge is 2.11. The van der Waals surface area contributed by atoms with E-state index >= 15 is 0 Å². The van der Waals surface area contributed by atoms with Crippen LogP contribution in [0.5, 0.6) is 0 Å². The zero-order chi connectivity index (χ0) is 13.5. The molecular weight excluding hydrogens is 254 g/mol. The highest BCUT2D eigenvalue weighted by atomic mass is 35.5. The largest absolute Gasteiger partial charge is 0.310 e. The van der Waals surface area contributed by atoms with E-state index in [1.807, 2.05) is 12.1 Å². The van der Waals surface area contributed by atoms with Crippen molar-refractivity contribution in [1.82, 2.24) is 5.32 Å². The molecule has 2 rings (SSSR count). The summed E-state index contributed by atoms with van der Waals surface area (Å²) in [5.41, 5.74) is 2.60. The maximum absolute atomic E-state index is 6.10. The smallest absolute Gasteiger partial charge is 0.0409 e. The van der Waals surface area contributed by atoms with Gasteiger partial charge < -0.3 is 5.32 Å². The van der Waals surface area contributed by atoms with E-state index in [4.69, 9.17) is 11.6 Å². The van der Waals surface area contributed by atoms with Crippen LogP contribution >= 0.6 is 11.6 Å². The van der Waals surface area contributed by atoms with E-state index in [1.54, 1.807) is 0 Å². The monoisotopic (exact) mass is 273 g/mol. The van der Waals surface area contributed by atoms with Gasteiger partial charge in [-0.25, -0.2) is 0 Å². The molecule has 0 aliphatic rings. The summed E-state index contributed by atoms with van der Waals surface area (Å²) in [6.45, 7) is 3.20. The number of nitrogens with one attached hydrogen (secondary N) is 1. The molecule has 0 aromatic heterocycles. The molecule has 0 amide bonds. The molecule has 0 fully saturated rings. The minimum atomic E-state index is 0.320. The molecule has 0 radical (unpaired) electrons. The second-order valence-electron chi connectivity index (χ2n) is 4.75. The van der Waals surface area contributed by atoms with Crippen LogP contribution in [0.4, 0.5) is 0 Å². The average molecular weight is 274 g/mol. The second-order valence-corrected chi connectivity index (χ2v) is 5.19. The molecule has 1 N–H and O–H groups in total. The zero-order valence-electron chi connectivity index (χ0n) is 11.3. The first-order valence-electron chi connectivity index (χ1n) is 6.82. The lowest BCUT2D eigenvalue weighted by Gasteiger charge is -2.19. The highest BCUT2D eigenvalue weighted by molar-refractivity contribution is 6.30. The number of rotatable bonds is 6. The highest BCUT2D eigenvalue weighted by Crippen LogP contribution is 2.21. The quantitative estimate of drug-likeness (QED) is 0.810. The van der Waals surface area contributed by atoms with Crippen LogP contribution in [0, 0.1) is 0 Å². The van der Waals surface area contributed by atoms with Crippen LogP contribution in [0.1, 0.15) is 30.5 Å². The van der Waals surface area contributed by atoms with Crippen molar-refractivity contribution in [3.63, 3.8) is 0 Å². The SMILES string of the molecule is CCCNC(Cc1ccccc1)c1cccc(Cl)c1. The Morgan fingerprint density at radius 2 is 1.84 bits per heavy atom. The molecule has 2 aromatic rings. The summed E-state index contributed by atoms with van der Waals surface area (Å²) in [5, 5.41) is 4.40. The Bertz CT molecular complexity index is 496. The number of hydrogen-bond donors (Lipinski definition) is 1. The van der Waals surface area contributed by atoms with Gasteiger partial charge in [0.15, 0.2) is 0 Å². The predicted octanol–water partition coefficient (Wildman–Crippen LogP) is 4.62. The minimum absolute atomic E-state index is 0.320. The first-order chi connectivity index (χ1) is 9.29. The molecule has 0 heterocycles. The van der Waals surface area contributed by atoms with Gasteiger partial charge in [0, 0.05) is 11.1 Å². The van der Waals surface area contributed by atoms with E-state index in [-0.39, 0.29) is 0 Å². The van der Waals surface area contributed by atoms with E-state index in [9.17, 15) is 0 Å². The van der Waals surface area contributed by atoms with Crippen molar-refractivity contribution in [2.45, 2.75) is 25.8 Å². The molecule has 0 aliphatic carbocycles. The lowest BCUT2D eigenvalue weighted by Crippen LogP contribution is -2.24. The van der Waals surface area contributed by atoms with Crippen molar-refractivity contribution in [2.24, 2.45) is 0 Å². The fourth-order valence-electron chi connectivity index (χ4n) is 2.20. The van der Waals surface area contributed by atoms with Gasteiger partial charge in [-0.1, -0.05) is 61.0 Å². The second kappa shape index (κ2) is 7.32. The maximum Gasteiger partial charge on any atom is 0.0409 e. The number of halogens is 1. The Morgan fingerprint density at radius 1 is 1.05 bits per heavy atom. The van der Waals surface area contributed by atoms with Gasteiger partial charge in [-0.3, -0.25) is 0 Å². The molecule has 19 heavy (non-hydrogen) atoms. The van der Waals surface area contributed by atoms with Crippen LogP contribution in [-0.2, 0) is 6.42 Å². The fourth-order valence-corrected chi connectivity index (χ4v) is 2.40. The van der Waals surface area contributed by atoms with Gasteiger partial charge in [-0.05, 0) is 42.6 Å². The Morgan fingerprint density at radius 3 is 2.53 bits per heavy atom. The van der Waals surface area contributed by atoms with Crippen LogP contribution in [0.15, 0.2) is 54.6 Å². The summed E-state index contributed by atoms with van der Waals surface area (Å²) in [6.07, 6.45) is 2.12. The van der Waals surface area contributed by atoms with Crippen LogP contribution in [0.3, 0.4) is 0 Å². The maximum atomic E-state index is 6.10. The van der Waals surface area contributed by atoms with Crippen molar-refractivity contribution in [3.05, 3.63) is 70.7 Å². The summed E-state index contributed by atoms with van der Waals surface area (Å²) in [5.74, 6) is 0. The molecule has 0 saturated heterocycles. The lowest BCUT2D eigenvalue weighted by molar-refractivity contribution is 0.529. The number of hydrogen-bond acceptors (Lipinski definition) is 1. The summed E-state index contributed by atoms with van der Waals surface area (Å²) in [7, 11) is 0. The van der Waals surface area contributed by atoms with Crippen molar-refractivity contribution in [3.8, 4) is 0 Å². The van der Waals surface area contributed by atoms with Gasteiger partial charge in [-0.15, -0.1) is 0 Å². The third kappa shape index (κ3) is 4.38. The molecule has 2 aromatic carbocycles. The molecule has 1 nitrogen and oxygen atoms in total. The molecule has 0 spiro atoms. The van der Waals surface area contributed by atoms with Crippen molar-refractivity contribution in [1.29, 1.82) is 0 Å². The summed E-state index contributed by atoms with van der Waals surface area (Å²) >= 11 is 6.10. The first-order valence-corrected chi connectivity index (χ1v) is 7.20. The molecule has 0 saturated carbocycles. The summed E-state index contributed by atoms with van der Waals surface area (Å²) in [4.78, 5) is 0. The van der Waals surface area contributed by atoms with Gasteiger partial charge in [0.2, 0.25) is 0 Å². The van der Waals surface area contributed by atoms with Crippen molar-refractivity contribution >= 4 is 11.6 Å². The van der Waals surface area contributed by atoms with E-state index < -0.39 is 0 Å². The standard InChI is InChI=1S/C17H20ClN/c1-2-11-19-17(12-14-7-4-3-5-8-14)15-9-6-10-16(18)13-15/h3-10,13,17,19H,2,11-12H2,1H3. The van der Waals surface area contributed by atoms with Gasteiger partial charge in [-0.2, -0.15) is 0 Å². The van der Waals surface area contributed by atoms with Crippen LogP contribution in [0.25, 0.3) is 0 Å². The van der Waals surface area contributed by atoms with Crippen LogP contribution < -0.4 is 5.32 Å². The normalized spacial score (nSPS) is 12.3. The predicted molar refractivity (Wildman–Crippen MR) is 82.6 cm³/mol. The molecular formula is C17H20ClN. The average Bonchev–Trinajstić information content (AvgIpc) is 2.44. The molecule has 1 unspecified atom stereocenters. The van der Waals surface area contributed by atoms with E-state index in [2.05, 4.69) is 54.7 Å². The lowest BCUT2D eigenvalue weighted by atomic mass is 9.99. The van der Waals surface area contributed by atoms with Crippen molar-refractivity contribution in [2.75, 3.05) is 6.54 Å². The van der Waals surface area contributed by atoms with Crippen LogP contribution in [-0.4, -0.2) is 6.54 Å². The van der Waals surface area contributed by atoms with E-state index in [0.29, 0.717) is 6.04 Å². The minimum Gasteiger partial charge on any atom is -0.310 e. The Kier molecular flexibility index (Phi) is 5.44. The zero-order valence-corrected chi connectivity index (χ0v) is 12.0.